The first-order valence-corrected chi connectivity index (χ1v) is 7.38. The lowest BCUT2D eigenvalue weighted by Crippen LogP contribution is -2.00. The molecule has 90 valence electrons. The minimum Gasteiger partial charge on any atom is -0.388 e. The molecule has 0 fully saturated rings. The Morgan fingerprint density at radius 2 is 2.12 bits per heavy atom. The molecular weight excluding hydrogens is 320 g/mol. The second-order valence-electron chi connectivity index (χ2n) is 3.78. The summed E-state index contributed by atoms with van der Waals surface area (Å²) in [6, 6.07) is 9.74. The Bertz CT molecular complexity index is 484. The van der Waals surface area contributed by atoms with Crippen molar-refractivity contribution in [3.05, 3.63) is 55.6 Å². The summed E-state index contributed by atoms with van der Waals surface area (Å²) < 4.78 is 0.826. The number of aliphatic hydroxyl groups excluding tert-OH is 1. The highest BCUT2D eigenvalue weighted by molar-refractivity contribution is 9.10. The lowest BCUT2D eigenvalue weighted by molar-refractivity contribution is 0.168. The zero-order valence-corrected chi connectivity index (χ0v) is 12.2. The van der Waals surface area contributed by atoms with Gasteiger partial charge in [-0.2, -0.15) is 0 Å². The van der Waals surface area contributed by atoms with Crippen LogP contribution >= 0.6 is 38.9 Å². The van der Waals surface area contributed by atoms with Crippen LogP contribution in [0.25, 0.3) is 0 Å². The lowest BCUT2D eigenvalue weighted by atomic mass is 10.0. The molecule has 1 N–H and O–H groups in total. The Balaban J connectivity index is 2.04. The first-order chi connectivity index (χ1) is 8.18. The van der Waals surface area contributed by atoms with Gasteiger partial charge in [-0.05, 0) is 46.3 Å². The Labute approximate surface area is 118 Å². The van der Waals surface area contributed by atoms with Crippen molar-refractivity contribution < 1.29 is 5.11 Å². The summed E-state index contributed by atoms with van der Waals surface area (Å²) in [4.78, 5) is 1.29. The number of aryl methyl sites for hydroxylation is 1. The Hall–Kier alpha value is -0.350. The van der Waals surface area contributed by atoms with Crippen molar-refractivity contribution in [1.82, 2.24) is 0 Å². The summed E-state index contributed by atoms with van der Waals surface area (Å²) in [7, 11) is 0. The van der Waals surface area contributed by atoms with Crippen molar-refractivity contribution in [1.29, 1.82) is 0 Å². The summed E-state index contributed by atoms with van der Waals surface area (Å²) in [5.41, 5.74) is 0.789. The minimum atomic E-state index is -0.512. The lowest BCUT2D eigenvalue weighted by Gasteiger charge is -2.12. The van der Waals surface area contributed by atoms with Gasteiger partial charge in [-0.1, -0.05) is 29.8 Å². The predicted molar refractivity (Wildman–Crippen MR) is 76.8 cm³/mol. The molecule has 2 aromatic rings. The van der Waals surface area contributed by atoms with Gasteiger partial charge in [0, 0.05) is 14.9 Å². The van der Waals surface area contributed by atoms with Gasteiger partial charge in [-0.25, -0.2) is 0 Å². The Kier molecular flexibility index (Phi) is 4.62. The maximum absolute atomic E-state index is 10.1. The largest absolute Gasteiger partial charge is 0.388 e. The first kappa shape index (κ1) is 13.1. The molecule has 0 aliphatic heterocycles. The quantitative estimate of drug-likeness (QED) is 0.850. The fourth-order valence-electron chi connectivity index (χ4n) is 1.67. The number of rotatable bonds is 4. The normalized spacial score (nSPS) is 12.6. The third-order valence-corrected chi connectivity index (χ3v) is 4.83. The maximum atomic E-state index is 10.1. The van der Waals surface area contributed by atoms with E-state index in [9.17, 15) is 5.11 Å². The number of hydrogen-bond donors (Lipinski definition) is 1. The molecule has 1 atom stereocenters. The van der Waals surface area contributed by atoms with Crippen LogP contribution < -0.4 is 0 Å². The summed E-state index contributed by atoms with van der Waals surface area (Å²) in [6.07, 6.45) is 1.06. The fraction of sp³-hybridized carbons (Fsp3) is 0.231. The zero-order chi connectivity index (χ0) is 12.3. The summed E-state index contributed by atoms with van der Waals surface area (Å²) in [5.74, 6) is 0. The maximum Gasteiger partial charge on any atom is 0.0808 e. The molecule has 1 aromatic carbocycles. The first-order valence-electron chi connectivity index (χ1n) is 5.33. The van der Waals surface area contributed by atoms with Crippen molar-refractivity contribution in [3.63, 3.8) is 0 Å². The van der Waals surface area contributed by atoms with Gasteiger partial charge in [0.1, 0.15) is 0 Å². The molecule has 17 heavy (non-hydrogen) atoms. The van der Waals surface area contributed by atoms with Crippen LogP contribution in [-0.4, -0.2) is 5.11 Å². The second-order valence-corrected chi connectivity index (χ2v) is 6.04. The van der Waals surface area contributed by atoms with Gasteiger partial charge in [-0.15, -0.1) is 11.3 Å². The van der Waals surface area contributed by atoms with Crippen molar-refractivity contribution >= 4 is 38.9 Å². The van der Waals surface area contributed by atoms with E-state index in [2.05, 4.69) is 22.0 Å². The van der Waals surface area contributed by atoms with Gasteiger partial charge >= 0.3 is 0 Å². The highest BCUT2D eigenvalue weighted by atomic mass is 79.9. The topological polar surface area (TPSA) is 20.2 Å². The number of aliphatic hydroxyl groups is 1. The van der Waals surface area contributed by atoms with E-state index in [1.165, 1.54) is 4.88 Å². The summed E-state index contributed by atoms with van der Waals surface area (Å²) in [6.45, 7) is 0. The molecule has 0 aliphatic rings. The van der Waals surface area contributed by atoms with E-state index in [0.29, 0.717) is 11.4 Å². The predicted octanol–water partition coefficient (Wildman–Crippen LogP) is 4.83. The van der Waals surface area contributed by atoms with Crippen LogP contribution in [-0.2, 0) is 6.42 Å². The molecule has 0 spiro atoms. The average molecular weight is 332 g/mol. The summed E-state index contributed by atoms with van der Waals surface area (Å²) in [5, 5.41) is 12.8. The molecule has 1 heterocycles. The molecule has 2 rings (SSSR count). The highest BCUT2D eigenvalue weighted by Gasteiger charge is 2.13. The van der Waals surface area contributed by atoms with E-state index in [-0.39, 0.29) is 0 Å². The van der Waals surface area contributed by atoms with Gasteiger partial charge in [0.05, 0.1) is 11.1 Å². The monoisotopic (exact) mass is 330 g/mol. The van der Waals surface area contributed by atoms with Gasteiger partial charge in [0.25, 0.3) is 0 Å². The van der Waals surface area contributed by atoms with Crippen LogP contribution in [0.1, 0.15) is 23.0 Å². The third-order valence-electron chi connectivity index (χ3n) is 2.58. The summed E-state index contributed by atoms with van der Waals surface area (Å²) >= 11 is 11.2. The van der Waals surface area contributed by atoms with Crippen LogP contribution in [0.5, 0.6) is 0 Å². The average Bonchev–Trinajstić information content (AvgIpc) is 2.82. The SMILES string of the molecule is OC(CCc1cccs1)c1cccc(Br)c1Cl. The molecule has 1 nitrogen and oxygen atoms in total. The van der Waals surface area contributed by atoms with Crippen LogP contribution in [0, 0.1) is 0 Å². The van der Waals surface area contributed by atoms with E-state index < -0.39 is 6.10 Å². The minimum absolute atomic E-state index is 0.512. The van der Waals surface area contributed by atoms with Gasteiger partial charge < -0.3 is 5.11 Å². The van der Waals surface area contributed by atoms with Gasteiger partial charge in [0.15, 0.2) is 0 Å². The van der Waals surface area contributed by atoms with Gasteiger partial charge in [-0.3, -0.25) is 0 Å². The number of thiophene rings is 1. The van der Waals surface area contributed by atoms with Crippen molar-refractivity contribution in [2.24, 2.45) is 0 Å². The highest BCUT2D eigenvalue weighted by Crippen LogP contribution is 2.32. The van der Waals surface area contributed by atoms with Crippen molar-refractivity contribution in [3.8, 4) is 0 Å². The van der Waals surface area contributed by atoms with Crippen molar-refractivity contribution in [2.45, 2.75) is 18.9 Å². The van der Waals surface area contributed by atoms with E-state index in [1.54, 1.807) is 11.3 Å². The van der Waals surface area contributed by atoms with E-state index >= 15 is 0 Å². The Morgan fingerprint density at radius 1 is 1.29 bits per heavy atom. The second kappa shape index (κ2) is 6.01. The third kappa shape index (κ3) is 3.32. The van der Waals surface area contributed by atoms with E-state index in [1.807, 2.05) is 29.6 Å². The number of halogens is 2. The molecule has 1 unspecified atom stereocenters. The molecule has 0 bridgehead atoms. The standard InChI is InChI=1S/C13H12BrClOS/c14-11-5-1-4-10(13(11)15)12(16)7-6-9-3-2-8-17-9/h1-5,8,12,16H,6-7H2. The van der Waals surface area contributed by atoms with Crippen LogP contribution in [0.15, 0.2) is 40.2 Å². The molecule has 0 radical (unpaired) electrons. The van der Waals surface area contributed by atoms with Gasteiger partial charge in [0.2, 0.25) is 0 Å². The molecular formula is C13H12BrClOS. The molecule has 0 amide bonds. The zero-order valence-electron chi connectivity index (χ0n) is 9.07. The van der Waals surface area contributed by atoms with E-state index in [4.69, 9.17) is 11.6 Å². The van der Waals surface area contributed by atoms with E-state index in [0.717, 1.165) is 16.5 Å². The van der Waals surface area contributed by atoms with Crippen LogP contribution in [0.4, 0.5) is 0 Å². The molecule has 4 heteroatoms. The molecule has 0 saturated carbocycles. The number of hydrogen-bond acceptors (Lipinski definition) is 2. The fourth-order valence-corrected chi connectivity index (χ4v) is 3.03. The van der Waals surface area contributed by atoms with Crippen LogP contribution in [0.3, 0.4) is 0 Å². The number of benzene rings is 1. The smallest absolute Gasteiger partial charge is 0.0808 e. The molecule has 0 saturated heterocycles. The van der Waals surface area contributed by atoms with Crippen molar-refractivity contribution in [2.75, 3.05) is 0 Å². The Morgan fingerprint density at radius 3 is 2.82 bits per heavy atom. The molecule has 0 aliphatic carbocycles. The molecule has 1 aromatic heterocycles. The van der Waals surface area contributed by atoms with Crippen LogP contribution in [0.2, 0.25) is 5.02 Å².